The zero-order valence-electron chi connectivity index (χ0n) is 17.1. The molecule has 1 fully saturated rings. The number of sulfonamides is 1. The van der Waals surface area contributed by atoms with Gasteiger partial charge >= 0.3 is 0 Å². The molecule has 0 aliphatic carbocycles. The Morgan fingerprint density at radius 3 is 2.75 bits per heavy atom. The van der Waals surface area contributed by atoms with Crippen molar-refractivity contribution in [2.24, 2.45) is 0 Å². The topological polar surface area (TPSA) is 102 Å². The van der Waals surface area contributed by atoms with Crippen molar-refractivity contribution in [3.8, 4) is 11.3 Å². The summed E-state index contributed by atoms with van der Waals surface area (Å²) < 4.78 is 51.6. The number of carbonyl (C=O) groups is 1. The number of oxazole rings is 1. The van der Waals surface area contributed by atoms with Gasteiger partial charge in [-0.15, -0.1) is 11.3 Å². The second-order valence-electron chi connectivity index (χ2n) is 7.11. The standard InChI is InChI=1S/C21H22FN3O5S2/c22-17-4-2-1-3-16(17)18-14-24-20(30-18)7-6-19(26)23-13-15-5-8-21(31-15)32(27,28)25-9-11-29-12-10-25/h1-5,8,14H,6-7,9-13H2,(H,23,26). The van der Waals surface area contributed by atoms with Crippen LogP contribution < -0.4 is 5.32 Å². The Balaban J connectivity index is 1.27. The van der Waals surface area contributed by atoms with Gasteiger partial charge in [-0.25, -0.2) is 17.8 Å². The number of carbonyl (C=O) groups excluding carboxylic acids is 1. The van der Waals surface area contributed by atoms with E-state index in [0.717, 1.165) is 16.2 Å². The second-order valence-corrected chi connectivity index (χ2v) is 10.4. The Labute approximate surface area is 189 Å². The molecule has 1 amide bonds. The number of morpholine rings is 1. The van der Waals surface area contributed by atoms with Gasteiger partial charge in [0.2, 0.25) is 5.91 Å². The number of benzene rings is 1. The van der Waals surface area contributed by atoms with E-state index < -0.39 is 15.8 Å². The maximum absolute atomic E-state index is 13.8. The molecule has 3 heterocycles. The van der Waals surface area contributed by atoms with Gasteiger partial charge in [0, 0.05) is 30.8 Å². The van der Waals surface area contributed by atoms with E-state index in [9.17, 15) is 17.6 Å². The van der Waals surface area contributed by atoms with Crippen LogP contribution >= 0.6 is 11.3 Å². The number of thiophene rings is 1. The number of aromatic nitrogens is 1. The fourth-order valence-electron chi connectivity index (χ4n) is 3.21. The third-order valence-electron chi connectivity index (χ3n) is 4.92. The summed E-state index contributed by atoms with van der Waals surface area (Å²) >= 11 is 1.14. The van der Waals surface area contributed by atoms with Crippen LogP contribution in [-0.4, -0.2) is 49.9 Å². The van der Waals surface area contributed by atoms with E-state index in [1.54, 1.807) is 30.3 Å². The second kappa shape index (κ2) is 9.90. The molecule has 11 heteroatoms. The first-order valence-electron chi connectivity index (χ1n) is 10.1. The molecule has 4 rings (SSSR count). The lowest BCUT2D eigenvalue weighted by Gasteiger charge is -2.25. The number of rotatable bonds is 8. The summed E-state index contributed by atoms with van der Waals surface area (Å²) in [5, 5.41) is 2.77. The van der Waals surface area contributed by atoms with Crippen LogP contribution in [-0.2, 0) is 32.5 Å². The molecule has 8 nitrogen and oxygen atoms in total. The van der Waals surface area contributed by atoms with E-state index in [4.69, 9.17) is 9.15 Å². The summed E-state index contributed by atoms with van der Waals surface area (Å²) in [6.07, 6.45) is 1.84. The van der Waals surface area contributed by atoms with Crippen molar-refractivity contribution in [3.05, 3.63) is 59.2 Å². The monoisotopic (exact) mass is 479 g/mol. The number of nitrogens with zero attached hydrogens (tertiary/aromatic N) is 2. The average molecular weight is 480 g/mol. The molecule has 0 atom stereocenters. The van der Waals surface area contributed by atoms with Crippen LogP contribution in [0.2, 0.25) is 0 Å². The first kappa shape index (κ1) is 22.6. The number of hydrogen-bond donors (Lipinski definition) is 1. The van der Waals surface area contributed by atoms with Gasteiger partial charge in [-0.1, -0.05) is 12.1 Å². The minimum absolute atomic E-state index is 0.140. The zero-order valence-corrected chi connectivity index (χ0v) is 18.8. The van der Waals surface area contributed by atoms with Gasteiger partial charge in [-0.2, -0.15) is 4.31 Å². The van der Waals surface area contributed by atoms with Crippen molar-refractivity contribution in [3.63, 3.8) is 0 Å². The minimum atomic E-state index is -3.54. The highest BCUT2D eigenvalue weighted by atomic mass is 32.2. The van der Waals surface area contributed by atoms with Gasteiger partial charge in [0.05, 0.1) is 31.5 Å². The van der Waals surface area contributed by atoms with Crippen LogP contribution in [0.25, 0.3) is 11.3 Å². The van der Waals surface area contributed by atoms with Crippen LogP contribution in [0.1, 0.15) is 17.2 Å². The largest absolute Gasteiger partial charge is 0.441 e. The van der Waals surface area contributed by atoms with Crippen molar-refractivity contribution in [1.29, 1.82) is 0 Å². The maximum Gasteiger partial charge on any atom is 0.252 e. The van der Waals surface area contributed by atoms with Crippen molar-refractivity contribution in [2.45, 2.75) is 23.6 Å². The third kappa shape index (κ3) is 5.23. The number of ether oxygens (including phenoxy) is 1. The van der Waals surface area contributed by atoms with Crippen LogP contribution in [0.3, 0.4) is 0 Å². The Kier molecular flexibility index (Phi) is 6.99. The minimum Gasteiger partial charge on any atom is -0.441 e. The highest BCUT2D eigenvalue weighted by molar-refractivity contribution is 7.91. The predicted molar refractivity (Wildman–Crippen MR) is 116 cm³/mol. The highest BCUT2D eigenvalue weighted by Crippen LogP contribution is 2.26. The van der Waals surface area contributed by atoms with E-state index in [-0.39, 0.29) is 29.5 Å². The SMILES string of the molecule is O=C(CCc1ncc(-c2ccccc2F)o1)NCc1ccc(S(=O)(=O)N2CCOCC2)s1. The third-order valence-corrected chi connectivity index (χ3v) is 8.37. The van der Waals surface area contributed by atoms with E-state index >= 15 is 0 Å². The number of aryl methyl sites for hydroxylation is 1. The van der Waals surface area contributed by atoms with Crippen molar-refractivity contribution >= 4 is 27.3 Å². The van der Waals surface area contributed by atoms with E-state index in [2.05, 4.69) is 10.3 Å². The molecular weight excluding hydrogens is 457 g/mol. The van der Waals surface area contributed by atoms with Crippen molar-refractivity contribution < 1.29 is 26.8 Å². The smallest absolute Gasteiger partial charge is 0.252 e. The number of halogens is 1. The van der Waals surface area contributed by atoms with Gasteiger partial charge in [-0.05, 0) is 24.3 Å². The number of hydrogen-bond acceptors (Lipinski definition) is 7. The predicted octanol–water partition coefficient (Wildman–Crippen LogP) is 2.81. The lowest BCUT2D eigenvalue weighted by molar-refractivity contribution is -0.121. The summed E-state index contributed by atoms with van der Waals surface area (Å²) in [4.78, 5) is 17.0. The quantitative estimate of drug-likeness (QED) is 0.533. The van der Waals surface area contributed by atoms with E-state index in [0.29, 0.717) is 43.5 Å². The van der Waals surface area contributed by atoms with Crippen LogP contribution in [0, 0.1) is 5.82 Å². The van der Waals surface area contributed by atoms with Crippen molar-refractivity contribution in [2.75, 3.05) is 26.3 Å². The Hall–Kier alpha value is -2.60. The van der Waals surface area contributed by atoms with Gasteiger partial charge in [-0.3, -0.25) is 4.79 Å². The van der Waals surface area contributed by atoms with Crippen LogP contribution in [0.4, 0.5) is 4.39 Å². The summed E-state index contributed by atoms with van der Waals surface area (Å²) in [7, 11) is -3.54. The van der Waals surface area contributed by atoms with Gasteiger partial charge < -0.3 is 14.5 Å². The molecule has 3 aromatic rings. The number of amides is 1. The van der Waals surface area contributed by atoms with Gasteiger partial charge in [0.1, 0.15) is 10.0 Å². The van der Waals surface area contributed by atoms with E-state index in [1.807, 2.05) is 0 Å². The summed E-state index contributed by atoms with van der Waals surface area (Å²) in [6, 6.07) is 9.50. The first-order chi connectivity index (χ1) is 15.4. The van der Waals surface area contributed by atoms with Gasteiger partial charge in [0.25, 0.3) is 10.0 Å². The molecule has 0 spiro atoms. The zero-order chi connectivity index (χ0) is 22.6. The highest BCUT2D eigenvalue weighted by Gasteiger charge is 2.27. The molecule has 32 heavy (non-hydrogen) atoms. The summed E-state index contributed by atoms with van der Waals surface area (Å²) in [6.45, 7) is 1.69. The summed E-state index contributed by atoms with van der Waals surface area (Å²) in [5.74, 6) is 0.0278. The molecule has 1 aromatic carbocycles. The molecule has 0 unspecified atom stereocenters. The molecule has 0 radical (unpaired) electrons. The van der Waals surface area contributed by atoms with Crippen molar-refractivity contribution in [1.82, 2.24) is 14.6 Å². The fourth-order valence-corrected chi connectivity index (χ4v) is 6.07. The molecule has 1 aliphatic rings. The lowest BCUT2D eigenvalue weighted by atomic mass is 10.2. The maximum atomic E-state index is 13.8. The molecule has 1 N–H and O–H groups in total. The normalized spacial score (nSPS) is 15.0. The molecule has 1 aliphatic heterocycles. The molecule has 170 valence electrons. The van der Waals surface area contributed by atoms with Crippen LogP contribution in [0.5, 0.6) is 0 Å². The molecule has 2 aromatic heterocycles. The Bertz CT molecular complexity index is 1190. The number of nitrogens with one attached hydrogen (secondary N) is 1. The molecular formula is C21H22FN3O5S2. The molecule has 1 saturated heterocycles. The lowest BCUT2D eigenvalue weighted by Crippen LogP contribution is -2.40. The Morgan fingerprint density at radius 1 is 1.19 bits per heavy atom. The molecule has 0 bridgehead atoms. The Morgan fingerprint density at radius 2 is 1.97 bits per heavy atom. The van der Waals surface area contributed by atoms with Gasteiger partial charge in [0.15, 0.2) is 11.7 Å². The first-order valence-corrected chi connectivity index (χ1v) is 12.3. The van der Waals surface area contributed by atoms with Crippen LogP contribution in [0.15, 0.2) is 51.2 Å². The average Bonchev–Trinajstić information content (AvgIpc) is 3.47. The van der Waals surface area contributed by atoms with E-state index in [1.165, 1.54) is 16.6 Å². The molecule has 0 saturated carbocycles. The summed E-state index contributed by atoms with van der Waals surface area (Å²) in [5.41, 5.74) is 0.316. The fraction of sp³-hybridized carbons (Fsp3) is 0.333.